The van der Waals surface area contributed by atoms with Crippen LogP contribution < -0.4 is 0 Å². The van der Waals surface area contributed by atoms with Gasteiger partial charge in [0.05, 0.1) is 0 Å². The Morgan fingerprint density at radius 3 is 1.68 bits per heavy atom. The quantitative estimate of drug-likeness (QED) is 0.606. The van der Waals surface area contributed by atoms with Crippen molar-refractivity contribution in [2.75, 3.05) is 0 Å². The Labute approximate surface area is 131 Å². The van der Waals surface area contributed by atoms with Crippen LogP contribution in [0.15, 0.2) is 36.4 Å². The molecule has 0 radical (unpaired) electrons. The first kappa shape index (κ1) is 18.3. The zero-order valence-electron chi connectivity index (χ0n) is 13.8. The van der Waals surface area contributed by atoms with Crippen molar-refractivity contribution in [1.29, 1.82) is 0 Å². The van der Waals surface area contributed by atoms with E-state index in [0.29, 0.717) is 5.56 Å². The van der Waals surface area contributed by atoms with E-state index in [-0.39, 0.29) is 17.7 Å². The molecule has 0 saturated carbocycles. The smallest absolute Gasteiger partial charge is 0.126 e. The summed E-state index contributed by atoms with van der Waals surface area (Å²) in [5.74, 6) is -0.654. The molecule has 0 spiro atoms. The van der Waals surface area contributed by atoms with Crippen LogP contribution in [0.25, 0.3) is 0 Å². The molecule has 0 N–H and O–H groups in total. The summed E-state index contributed by atoms with van der Waals surface area (Å²) in [6, 6.07) is 8.80. The molecule has 0 aliphatic rings. The van der Waals surface area contributed by atoms with E-state index in [1.165, 1.54) is 18.2 Å². The van der Waals surface area contributed by atoms with Gasteiger partial charge in [0.25, 0.3) is 0 Å². The molecular formula is C19H23F3. The van der Waals surface area contributed by atoms with E-state index >= 15 is 0 Å². The normalized spacial score (nSPS) is 10.6. The minimum Gasteiger partial charge on any atom is -0.207 e. The highest BCUT2D eigenvalue weighted by Crippen LogP contribution is 2.21. The molecule has 2 aromatic rings. The average molecular weight is 308 g/mol. The number of hydrogen-bond donors (Lipinski definition) is 0. The van der Waals surface area contributed by atoms with Crippen LogP contribution in [-0.2, 0) is 0 Å². The third-order valence-corrected chi connectivity index (χ3v) is 3.40. The molecule has 120 valence electrons. The minimum atomic E-state index is -0.506. The first-order valence-corrected chi connectivity index (χ1v) is 7.43. The average Bonchev–Trinajstić information content (AvgIpc) is 2.37. The van der Waals surface area contributed by atoms with Crippen molar-refractivity contribution < 1.29 is 13.2 Å². The molecule has 2 rings (SSSR count). The van der Waals surface area contributed by atoms with Gasteiger partial charge < -0.3 is 0 Å². The van der Waals surface area contributed by atoms with E-state index in [2.05, 4.69) is 0 Å². The monoisotopic (exact) mass is 308 g/mol. The summed E-state index contributed by atoms with van der Waals surface area (Å²) in [5.41, 5.74) is 2.58. The zero-order valence-corrected chi connectivity index (χ0v) is 13.8. The number of aryl methyl sites for hydroxylation is 1. The summed E-state index contributed by atoms with van der Waals surface area (Å²) in [6.07, 6.45) is 0. The van der Waals surface area contributed by atoms with Crippen LogP contribution >= 0.6 is 0 Å². The Bertz CT molecular complexity index is 576. The molecule has 22 heavy (non-hydrogen) atoms. The summed E-state index contributed by atoms with van der Waals surface area (Å²) < 4.78 is 38.2. The van der Waals surface area contributed by atoms with Gasteiger partial charge in [0.1, 0.15) is 17.5 Å². The molecule has 0 fully saturated rings. The van der Waals surface area contributed by atoms with E-state index in [9.17, 15) is 13.2 Å². The van der Waals surface area contributed by atoms with Gasteiger partial charge in [-0.2, -0.15) is 0 Å². The Morgan fingerprint density at radius 1 is 0.773 bits per heavy atom. The van der Waals surface area contributed by atoms with Crippen molar-refractivity contribution >= 4 is 0 Å². The summed E-state index contributed by atoms with van der Waals surface area (Å²) >= 11 is 0. The maximum Gasteiger partial charge on any atom is 0.126 e. The third kappa shape index (κ3) is 5.21. The molecule has 0 amide bonds. The largest absolute Gasteiger partial charge is 0.207 e. The predicted octanol–water partition coefficient (Wildman–Crippen LogP) is 6.35. The van der Waals surface area contributed by atoms with Gasteiger partial charge in [-0.15, -0.1) is 0 Å². The SMILES string of the molecule is CC(C)c1cc(F)cc(F)c1.Cc1cccc(F)c1C(C)C. The van der Waals surface area contributed by atoms with Crippen molar-refractivity contribution in [3.05, 3.63) is 70.5 Å². The van der Waals surface area contributed by atoms with Gasteiger partial charge in [0.15, 0.2) is 0 Å². The fourth-order valence-corrected chi connectivity index (χ4v) is 2.28. The van der Waals surface area contributed by atoms with Gasteiger partial charge >= 0.3 is 0 Å². The van der Waals surface area contributed by atoms with Crippen molar-refractivity contribution in [3.8, 4) is 0 Å². The second-order valence-corrected chi connectivity index (χ2v) is 5.98. The molecular weight excluding hydrogens is 285 g/mol. The molecule has 0 aromatic heterocycles. The maximum atomic E-state index is 13.1. The lowest BCUT2D eigenvalue weighted by molar-refractivity contribution is 0.577. The van der Waals surface area contributed by atoms with Crippen LogP contribution in [0.3, 0.4) is 0 Å². The Hall–Kier alpha value is -1.77. The summed E-state index contributed by atoms with van der Waals surface area (Å²) in [4.78, 5) is 0. The first-order chi connectivity index (χ1) is 10.2. The standard InChI is InChI=1S/C10H13F.C9H10F2/c1-7(2)10-8(3)5-4-6-9(10)11;1-6(2)7-3-8(10)5-9(11)4-7/h4-7H,1-3H3;3-6H,1-2H3. The number of halogens is 3. The van der Waals surface area contributed by atoms with Gasteiger partial charge in [-0.25, -0.2) is 13.2 Å². The number of rotatable bonds is 2. The number of hydrogen-bond acceptors (Lipinski definition) is 0. The third-order valence-electron chi connectivity index (χ3n) is 3.40. The molecule has 0 aliphatic carbocycles. The Kier molecular flexibility index (Phi) is 6.66. The van der Waals surface area contributed by atoms with E-state index in [4.69, 9.17) is 0 Å². The molecule has 0 aliphatic heterocycles. The van der Waals surface area contributed by atoms with E-state index < -0.39 is 11.6 Å². The van der Waals surface area contributed by atoms with Crippen LogP contribution in [-0.4, -0.2) is 0 Å². The van der Waals surface area contributed by atoms with Crippen LogP contribution in [0.1, 0.15) is 56.2 Å². The van der Waals surface area contributed by atoms with E-state index in [0.717, 1.165) is 17.2 Å². The van der Waals surface area contributed by atoms with Crippen LogP contribution in [0.5, 0.6) is 0 Å². The lowest BCUT2D eigenvalue weighted by atomic mass is 9.98. The fourth-order valence-electron chi connectivity index (χ4n) is 2.28. The first-order valence-electron chi connectivity index (χ1n) is 7.43. The molecule has 0 unspecified atom stereocenters. The van der Waals surface area contributed by atoms with Gasteiger partial charge in [0.2, 0.25) is 0 Å². The summed E-state index contributed by atoms with van der Waals surface area (Å²) in [5, 5.41) is 0. The summed E-state index contributed by atoms with van der Waals surface area (Å²) in [6.45, 7) is 9.75. The molecule has 0 atom stereocenters. The lowest BCUT2D eigenvalue weighted by Crippen LogP contribution is -1.95. The highest BCUT2D eigenvalue weighted by Gasteiger charge is 2.07. The topological polar surface area (TPSA) is 0 Å². The minimum absolute atomic E-state index is 0.0833. The molecule has 2 aromatic carbocycles. The van der Waals surface area contributed by atoms with E-state index in [1.807, 2.05) is 40.7 Å². The zero-order chi connectivity index (χ0) is 16.9. The van der Waals surface area contributed by atoms with Gasteiger partial charge in [-0.1, -0.05) is 39.8 Å². The van der Waals surface area contributed by atoms with Crippen LogP contribution in [0.2, 0.25) is 0 Å². The van der Waals surface area contributed by atoms with Gasteiger partial charge in [0, 0.05) is 6.07 Å². The van der Waals surface area contributed by atoms with Crippen LogP contribution in [0, 0.1) is 24.4 Å². The molecule has 0 nitrogen and oxygen atoms in total. The molecule has 3 heteroatoms. The lowest BCUT2D eigenvalue weighted by Gasteiger charge is -2.09. The highest BCUT2D eigenvalue weighted by atomic mass is 19.1. The second kappa shape index (κ2) is 8.02. The second-order valence-electron chi connectivity index (χ2n) is 5.98. The molecule has 0 saturated heterocycles. The Balaban J connectivity index is 0.000000220. The predicted molar refractivity (Wildman–Crippen MR) is 85.7 cm³/mol. The molecule has 0 heterocycles. The van der Waals surface area contributed by atoms with E-state index in [1.54, 1.807) is 6.07 Å². The maximum absolute atomic E-state index is 13.1. The highest BCUT2D eigenvalue weighted by molar-refractivity contribution is 5.29. The van der Waals surface area contributed by atoms with Crippen molar-refractivity contribution in [2.45, 2.75) is 46.5 Å². The summed E-state index contributed by atoms with van der Waals surface area (Å²) in [7, 11) is 0. The fraction of sp³-hybridized carbons (Fsp3) is 0.368. The van der Waals surface area contributed by atoms with Crippen molar-refractivity contribution in [3.63, 3.8) is 0 Å². The Morgan fingerprint density at radius 2 is 1.32 bits per heavy atom. The van der Waals surface area contributed by atoms with Crippen molar-refractivity contribution in [2.24, 2.45) is 0 Å². The van der Waals surface area contributed by atoms with Crippen LogP contribution in [0.4, 0.5) is 13.2 Å². The van der Waals surface area contributed by atoms with Gasteiger partial charge in [-0.05, 0) is 53.6 Å². The number of benzene rings is 2. The molecule has 0 bridgehead atoms. The van der Waals surface area contributed by atoms with Crippen molar-refractivity contribution in [1.82, 2.24) is 0 Å². The van der Waals surface area contributed by atoms with Gasteiger partial charge in [-0.3, -0.25) is 0 Å².